The fourth-order valence-corrected chi connectivity index (χ4v) is 2.34. The van der Waals surface area contributed by atoms with Gasteiger partial charge in [0.05, 0.1) is 10.0 Å². The minimum Gasteiger partial charge on any atom is -0.480 e. The predicted octanol–water partition coefficient (Wildman–Crippen LogP) is 3.95. The van der Waals surface area contributed by atoms with Crippen molar-refractivity contribution in [3.63, 3.8) is 0 Å². The Labute approximate surface area is 103 Å². The second-order valence-corrected chi connectivity index (χ2v) is 5.92. The largest absolute Gasteiger partial charge is 0.480 e. The molecule has 0 radical (unpaired) electrons. The molecule has 15 heavy (non-hydrogen) atoms. The molecule has 0 fully saturated rings. The Morgan fingerprint density at radius 3 is 2.53 bits per heavy atom. The third-order valence-electron chi connectivity index (χ3n) is 1.80. The zero-order valence-corrected chi connectivity index (χ0v) is 10.6. The number of thioether (sulfide) groups is 1. The second-order valence-electron chi connectivity index (χ2n) is 3.47. The quantitative estimate of drug-likeness (QED) is 0.841. The number of benzene rings is 1. The Hall–Kier alpha value is -0.380. The van der Waals surface area contributed by atoms with Crippen LogP contribution >= 0.6 is 35.0 Å². The number of carbonyl (C=O) groups is 1. The third kappa shape index (κ3) is 3.03. The maximum absolute atomic E-state index is 10.9. The molecule has 0 aromatic heterocycles. The molecule has 0 aliphatic heterocycles. The van der Waals surface area contributed by atoms with Crippen LogP contribution in [0.3, 0.4) is 0 Å². The number of halogens is 2. The first-order valence-corrected chi connectivity index (χ1v) is 5.78. The summed E-state index contributed by atoms with van der Waals surface area (Å²) in [4.78, 5) is 11.6. The number of aliphatic carboxylic acids is 1. The van der Waals surface area contributed by atoms with Crippen LogP contribution in [0.1, 0.15) is 13.8 Å². The lowest BCUT2D eigenvalue weighted by molar-refractivity contribution is -0.138. The average molecular weight is 265 g/mol. The van der Waals surface area contributed by atoms with E-state index in [1.807, 2.05) is 0 Å². The van der Waals surface area contributed by atoms with Crippen LogP contribution in [0.2, 0.25) is 10.0 Å². The lowest BCUT2D eigenvalue weighted by atomic mass is 10.2. The van der Waals surface area contributed by atoms with Crippen LogP contribution in [-0.2, 0) is 4.79 Å². The first kappa shape index (κ1) is 12.7. The monoisotopic (exact) mass is 264 g/mol. The molecule has 0 spiro atoms. The molecule has 0 bridgehead atoms. The highest BCUT2D eigenvalue weighted by Crippen LogP contribution is 2.39. The van der Waals surface area contributed by atoms with Gasteiger partial charge in [-0.05, 0) is 26.0 Å². The molecule has 0 unspecified atom stereocenters. The summed E-state index contributed by atoms with van der Waals surface area (Å²) in [6.07, 6.45) is 0. The van der Waals surface area contributed by atoms with Gasteiger partial charge in [-0.3, -0.25) is 4.79 Å². The van der Waals surface area contributed by atoms with Crippen molar-refractivity contribution in [2.45, 2.75) is 23.5 Å². The maximum atomic E-state index is 10.9. The van der Waals surface area contributed by atoms with Crippen LogP contribution < -0.4 is 0 Å². The maximum Gasteiger partial charge on any atom is 0.319 e. The van der Waals surface area contributed by atoms with Crippen molar-refractivity contribution < 1.29 is 9.90 Å². The fourth-order valence-electron chi connectivity index (χ4n) is 0.881. The number of hydrogen-bond acceptors (Lipinski definition) is 2. The lowest BCUT2D eigenvalue weighted by Crippen LogP contribution is -2.26. The summed E-state index contributed by atoms with van der Waals surface area (Å²) >= 11 is 13.0. The van der Waals surface area contributed by atoms with Crippen LogP contribution in [0.25, 0.3) is 0 Å². The minimum atomic E-state index is -0.922. The molecule has 1 aromatic rings. The van der Waals surface area contributed by atoms with E-state index in [-0.39, 0.29) is 0 Å². The molecule has 0 saturated carbocycles. The van der Waals surface area contributed by atoms with Crippen molar-refractivity contribution in [1.29, 1.82) is 0 Å². The Bertz CT molecular complexity index is 391. The van der Waals surface area contributed by atoms with E-state index < -0.39 is 10.7 Å². The van der Waals surface area contributed by atoms with Gasteiger partial charge in [0.2, 0.25) is 0 Å². The Balaban J connectivity index is 3.00. The Morgan fingerprint density at radius 2 is 2.00 bits per heavy atom. The number of hydrogen-bond donors (Lipinski definition) is 1. The molecule has 0 aliphatic carbocycles. The van der Waals surface area contributed by atoms with E-state index in [0.29, 0.717) is 14.9 Å². The first-order valence-electron chi connectivity index (χ1n) is 4.21. The van der Waals surface area contributed by atoms with Gasteiger partial charge in [-0.1, -0.05) is 29.3 Å². The summed E-state index contributed by atoms with van der Waals surface area (Å²) in [7, 11) is 0. The van der Waals surface area contributed by atoms with Crippen LogP contribution in [0.15, 0.2) is 23.1 Å². The molecule has 0 aliphatic rings. The van der Waals surface area contributed by atoms with Crippen molar-refractivity contribution in [3.05, 3.63) is 28.2 Å². The van der Waals surface area contributed by atoms with Crippen molar-refractivity contribution >= 4 is 40.9 Å². The minimum absolute atomic E-state index is 0.401. The highest BCUT2D eigenvalue weighted by atomic mass is 35.5. The summed E-state index contributed by atoms with van der Waals surface area (Å²) in [5.41, 5.74) is 0. The molecule has 2 nitrogen and oxygen atoms in total. The summed E-state index contributed by atoms with van der Waals surface area (Å²) < 4.78 is -0.922. The highest BCUT2D eigenvalue weighted by molar-refractivity contribution is 8.01. The van der Waals surface area contributed by atoms with Gasteiger partial charge in [-0.25, -0.2) is 0 Å². The molecule has 0 amide bonds. The Morgan fingerprint density at radius 1 is 1.40 bits per heavy atom. The van der Waals surface area contributed by atoms with Gasteiger partial charge >= 0.3 is 5.97 Å². The number of rotatable bonds is 3. The molecule has 1 rings (SSSR count). The lowest BCUT2D eigenvalue weighted by Gasteiger charge is -2.19. The van der Waals surface area contributed by atoms with E-state index in [4.69, 9.17) is 28.3 Å². The molecule has 5 heteroatoms. The van der Waals surface area contributed by atoms with Gasteiger partial charge in [0, 0.05) is 4.90 Å². The van der Waals surface area contributed by atoms with E-state index in [9.17, 15) is 4.79 Å². The smallest absolute Gasteiger partial charge is 0.319 e. The van der Waals surface area contributed by atoms with Crippen LogP contribution in [0.4, 0.5) is 0 Å². The van der Waals surface area contributed by atoms with Gasteiger partial charge in [-0.2, -0.15) is 0 Å². The molecule has 1 N–H and O–H groups in total. The topological polar surface area (TPSA) is 37.3 Å². The molecular weight excluding hydrogens is 255 g/mol. The highest BCUT2D eigenvalue weighted by Gasteiger charge is 2.29. The molecule has 82 valence electrons. The standard InChI is InChI=1S/C10H10Cl2O2S/c1-10(2,9(13)14)15-7-5-3-4-6(11)8(7)12/h3-5H,1-2H3,(H,13,14). The van der Waals surface area contributed by atoms with Crippen molar-refractivity contribution in [2.75, 3.05) is 0 Å². The first-order chi connectivity index (χ1) is 6.84. The van der Waals surface area contributed by atoms with Crippen LogP contribution in [-0.4, -0.2) is 15.8 Å². The zero-order valence-electron chi connectivity index (χ0n) is 8.25. The van der Waals surface area contributed by atoms with E-state index in [0.717, 1.165) is 0 Å². The van der Waals surface area contributed by atoms with Gasteiger partial charge < -0.3 is 5.11 Å². The summed E-state index contributed by atoms with van der Waals surface area (Å²) in [5, 5.41) is 9.80. The van der Waals surface area contributed by atoms with E-state index in [1.165, 1.54) is 11.8 Å². The fraction of sp³-hybridized carbons (Fsp3) is 0.300. The Kier molecular flexibility index (Phi) is 3.93. The molecule has 0 heterocycles. The van der Waals surface area contributed by atoms with Gasteiger partial charge in [0.15, 0.2) is 0 Å². The molecule has 0 saturated heterocycles. The van der Waals surface area contributed by atoms with Crippen molar-refractivity contribution in [3.8, 4) is 0 Å². The van der Waals surface area contributed by atoms with E-state index in [2.05, 4.69) is 0 Å². The van der Waals surface area contributed by atoms with E-state index >= 15 is 0 Å². The van der Waals surface area contributed by atoms with E-state index in [1.54, 1.807) is 32.0 Å². The SMILES string of the molecule is CC(C)(Sc1cccc(Cl)c1Cl)C(=O)O. The van der Waals surface area contributed by atoms with Crippen molar-refractivity contribution in [2.24, 2.45) is 0 Å². The van der Waals surface area contributed by atoms with Crippen LogP contribution in [0, 0.1) is 0 Å². The van der Waals surface area contributed by atoms with Gasteiger partial charge in [0.1, 0.15) is 4.75 Å². The second kappa shape index (κ2) is 4.64. The average Bonchev–Trinajstić information content (AvgIpc) is 2.12. The normalized spacial score (nSPS) is 11.5. The summed E-state index contributed by atoms with van der Waals surface area (Å²) in [6, 6.07) is 5.17. The summed E-state index contributed by atoms with van der Waals surface area (Å²) in [6.45, 7) is 3.24. The molecule has 1 aromatic carbocycles. The molecular formula is C10H10Cl2O2S. The van der Waals surface area contributed by atoms with Gasteiger partial charge in [-0.15, -0.1) is 11.8 Å². The van der Waals surface area contributed by atoms with Crippen molar-refractivity contribution in [1.82, 2.24) is 0 Å². The number of carboxylic acid groups (broad SMARTS) is 1. The van der Waals surface area contributed by atoms with Gasteiger partial charge in [0.25, 0.3) is 0 Å². The van der Waals surface area contributed by atoms with Crippen LogP contribution in [0.5, 0.6) is 0 Å². The zero-order chi connectivity index (χ0) is 11.6. The number of carboxylic acids is 1. The third-order valence-corrected chi connectivity index (χ3v) is 3.97. The molecule has 0 atom stereocenters. The summed E-state index contributed by atoms with van der Waals surface area (Å²) in [5.74, 6) is -0.886. The predicted molar refractivity (Wildman–Crippen MR) is 64.0 cm³/mol.